The number of benzene rings is 2. The van der Waals surface area contributed by atoms with Crippen molar-refractivity contribution in [2.75, 3.05) is 12.9 Å². The Balaban J connectivity index is 1.55. The largest absolute Gasteiger partial charge is 0.497 e. The minimum Gasteiger partial charge on any atom is -0.497 e. The summed E-state index contributed by atoms with van der Waals surface area (Å²) in [6, 6.07) is 12.3. The Morgan fingerprint density at radius 3 is 2.41 bits per heavy atom. The molecule has 9 nitrogen and oxygen atoms in total. The highest BCUT2D eigenvalue weighted by Gasteiger charge is 2.13. The Bertz CT molecular complexity index is 940. The van der Waals surface area contributed by atoms with Gasteiger partial charge in [0.05, 0.1) is 12.0 Å². The van der Waals surface area contributed by atoms with Gasteiger partial charge in [0.2, 0.25) is 5.89 Å². The van der Waals surface area contributed by atoms with Gasteiger partial charge < -0.3 is 13.9 Å². The molecule has 1 aromatic heterocycles. The summed E-state index contributed by atoms with van der Waals surface area (Å²) >= 11 is 1.03. The zero-order valence-corrected chi connectivity index (χ0v) is 14.8. The highest BCUT2D eigenvalue weighted by atomic mass is 32.2. The Kier molecular flexibility index (Phi) is 5.67. The molecule has 138 valence electrons. The second kappa shape index (κ2) is 8.32. The summed E-state index contributed by atoms with van der Waals surface area (Å²) in [5, 5.41) is 18.6. The monoisotopic (exact) mass is 387 g/mol. The van der Waals surface area contributed by atoms with Gasteiger partial charge in [0.1, 0.15) is 17.3 Å². The maximum atomic E-state index is 11.9. The Morgan fingerprint density at radius 2 is 1.78 bits per heavy atom. The minimum atomic E-state index is -0.493. The number of thioether (sulfide) groups is 1. The van der Waals surface area contributed by atoms with Crippen molar-refractivity contribution in [1.82, 2.24) is 10.2 Å². The second-order valence-corrected chi connectivity index (χ2v) is 6.04. The molecule has 0 fully saturated rings. The Morgan fingerprint density at radius 1 is 1.11 bits per heavy atom. The van der Waals surface area contributed by atoms with E-state index in [0.717, 1.165) is 11.8 Å². The van der Waals surface area contributed by atoms with E-state index < -0.39 is 10.9 Å². The second-order valence-electron chi connectivity index (χ2n) is 5.12. The fourth-order valence-electron chi connectivity index (χ4n) is 2.04. The number of nitro benzene ring substituents is 1. The van der Waals surface area contributed by atoms with Crippen molar-refractivity contribution < 1.29 is 23.6 Å². The van der Waals surface area contributed by atoms with Crippen LogP contribution in [0.1, 0.15) is 0 Å². The molecule has 0 N–H and O–H groups in total. The van der Waals surface area contributed by atoms with E-state index in [0.29, 0.717) is 17.1 Å². The van der Waals surface area contributed by atoms with Crippen LogP contribution in [0.4, 0.5) is 5.69 Å². The number of ether oxygens (including phenoxy) is 2. The van der Waals surface area contributed by atoms with Gasteiger partial charge in [-0.15, -0.1) is 10.2 Å². The fraction of sp³-hybridized carbons (Fsp3) is 0.118. The average molecular weight is 387 g/mol. The van der Waals surface area contributed by atoms with Crippen LogP contribution in [0.5, 0.6) is 11.5 Å². The van der Waals surface area contributed by atoms with Crippen LogP contribution in [0.3, 0.4) is 0 Å². The van der Waals surface area contributed by atoms with Crippen molar-refractivity contribution in [2.45, 2.75) is 5.22 Å². The zero-order valence-electron chi connectivity index (χ0n) is 14.0. The standard InChI is InChI=1S/C17H13N3O6S/c1-24-13-6-8-14(9-7-13)25-15(21)10-27-17-19-18-16(26-17)11-2-4-12(5-3-11)20(22)23/h2-9H,10H2,1H3. The number of hydrogen-bond donors (Lipinski definition) is 0. The lowest BCUT2D eigenvalue weighted by Crippen LogP contribution is -2.10. The van der Waals surface area contributed by atoms with E-state index in [1.807, 2.05) is 0 Å². The van der Waals surface area contributed by atoms with Crippen LogP contribution in [0, 0.1) is 10.1 Å². The smallest absolute Gasteiger partial charge is 0.321 e. The maximum absolute atomic E-state index is 11.9. The number of non-ortho nitro benzene ring substituents is 1. The first-order valence-electron chi connectivity index (χ1n) is 7.61. The Labute approximate surface area is 157 Å². The van der Waals surface area contributed by atoms with Gasteiger partial charge in [-0.2, -0.15) is 0 Å². The fourth-order valence-corrected chi connectivity index (χ4v) is 2.57. The number of rotatable bonds is 7. The lowest BCUT2D eigenvalue weighted by molar-refractivity contribution is -0.384. The van der Waals surface area contributed by atoms with Crippen LogP contribution in [0.15, 0.2) is 58.2 Å². The molecule has 0 unspecified atom stereocenters. The first kappa shape index (κ1) is 18.4. The van der Waals surface area contributed by atoms with Crippen molar-refractivity contribution in [3.8, 4) is 23.0 Å². The SMILES string of the molecule is COc1ccc(OC(=O)CSc2nnc(-c3ccc([N+](=O)[O-])cc3)o2)cc1. The third kappa shape index (κ3) is 4.82. The third-order valence-electron chi connectivity index (χ3n) is 3.34. The number of nitro groups is 1. The van der Waals surface area contributed by atoms with E-state index in [9.17, 15) is 14.9 Å². The molecule has 1 heterocycles. The lowest BCUT2D eigenvalue weighted by atomic mass is 10.2. The van der Waals surface area contributed by atoms with Crippen LogP contribution in [-0.2, 0) is 4.79 Å². The van der Waals surface area contributed by atoms with E-state index in [4.69, 9.17) is 13.9 Å². The van der Waals surface area contributed by atoms with Gasteiger partial charge in [-0.05, 0) is 36.4 Å². The molecule has 10 heteroatoms. The average Bonchev–Trinajstić information content (AvgIpc) is 3.16. The number of methoxy groups -OCH3 is 1. The topological polar surface area (TPSA) is 118 Å². The molecule has 0 bridgehead atoms. The van der Waals surface area contributed by atoms with Gasteiger partial charge in [0, 0.05) is 17.7 Å². The molecule has 0 aliphatic carbocycles. The third-order valence-corrected chi connectivity index (χ3v) is 4.13. The van der Waals surface area contributed by atoms with Crippen LogP contribution in [0.25, 0.3) is 11.5 Å². The molecule has 3 rings (SSSR count). The predicted molar refractivity (Wildman–Crippen MR) is 95.7 cm³/mol. The first-order chi connectivity index (χ1) is 13.0. The van der Waals surface area contributed by atoms with Gasteiger partial charge in [0.25, 0.3) is 10.9 Å². The summed E-state index contributed by atoms with van der Waals surface area (Å²) in [4.78, 5) is 22.1. The van der Waals surface area contributed by atoms with E-state index in [-0.39, 0.29) is 22.6 Å². The molecule has 0 saturated carbocycles. The molecule has 0 radical (unpaired) electrons. The molecule has 0 aliphatic heterocycles. The van der Waals surface area contributed by atoms with Crippen molar-refractivity contribution in [2.24, 2.45) is 0 Å². The lowest BCUT2D eigenvalue weighted by Gasteiger charge is -2.04. The molecule has 0 amide bonds. The summed E-state index contributed by atoms with van der Waals surface area (Å²) in [7, 11) is 1.55. The first-order valence-corrected chi connectivity index (χ1v) is 8.59. The Hall–Kier alpha value is -3.40. The number of hydrogen-bond acceptors (Lipinski definition) is 9. The number of aromatic nitrogens is 2. The number of carbonyl (C=O) groups excluding carboxylic acids is 1. The van der Waals surface area contributed by atoms with Gasteiger partial charge in [-0.3, -0.25) is 14.9 Å². The molecule has 0 aliphatic rings. The molecule has 3 aromatic rings. The molecule has 2 aromatic carbocycles. The molecule has 27 heavy (non-hydrogen) atoms. The quantitative estimate of drug-likeness (QED) is 0.198. The zero-order chi connectivity index (χ0) is 19.2. The molecule has 0 spiro atoms. The van der Waals surface area contributed by atoms with E-state index >= 15 is 0 Å². The van der Waals surface area contributed by atoms with E-state index in [2.05, 4.69) is 10.2 Å². The van der Waals surface area contributed by atoms with Crippen LogP contribution >= 0.6 is 11.8 Å². The number of esters is 1. The molecular weight excluding hydrogens is 374 g/mol. The van der Waals surface area contributed by atoms with E-state index in [1.165, 1.54) is 24.3 Å². The van der Waals surface area contributed by atoms with Crippen molar-refractivity contribution >= 4 is 23.4 Å². The highest BCUT2D eigenvalue weighted by molar-refractivity contribution is 7.99. The number of nitrogens with zero attached hydrogens (tertiary/aromatic N) is 3. The van der Waals surface area contributed by atoms with Gasteiger partial charge in [0.15, 0.2) is 0 Å². The van der Waals surface area contributed by atoms with Gasteiger partial charge in [-0.1, -0.05) is 11.8 Å². The summed E-state index contributed by atoms with van der Waals surface area (Å²) in [5.74, 6) is 0.775. The van der Waals surface area contributed by atoms with Gasteiger partial charge in [-0.25, -0.2) is 0 Å². The molecule has 0 atom stereocenters. The van der Waals surface area contributed by atoms with Crippen LogP contribution < -0.4 is 9.47 Å². The summed E-state index contributed by atoms with van der Waals surface area (Å²) < 4.78 is 15.7. The highest BCUT2D eigenvalue weighted by Crippen LogP contribution is 2.25. The maximum Gasteiger partial charge on any atom is 0.321 e. The van der Waals surface area contributed by atoms with E-state index in [1.54, 1.807) is 31.4 Å². The van der Waals surface area contributed by atoms with Gasteiger partial charge >= 0.3 is 5.97 Å². The minimum absolute atomic E-state index is 0.0199. The normalized spacial score (nSPS) is 10.4. The van der Waals surface area contributed by atoms with Crippen molar-refractivity contribution in [3.05, 3.63) is 58.6 Å². The number of carbonyl (C=O) groups is 1. The molecular formula is C17H13N3O6S. The summed E-state index contributed by atoms with van der Waals surface area (Å²) in [6.45, 7) is 0. The summed E-state index contributed by atoms with van der Waals surface area (Å²) in [6.07, 6.45) is 0. The predicted octanol–water partition coefficient (Wildman–Crippen LogP) is 3.35. The molecule has 0 saturated heterocycles. The van der Waals surface area contributed by atoms with Crippen molar-refractivity contribution in [1.29, 1.82) is 0 Å². The van der Waals surface area contributed by atoms with Crippen molar-refractivity contribution in [3.63, 3.8) is 0 Å². The van der Waals surface area contributed by atoms with Crippen LogP contribution in [0.2, 0.25) is 0 Å². The van der Waals surface area contributed by atoms with Crippen LogP contribution in [-0.4, -0.2) is 34.0 Å². The summed E-state index contributed by atoms with van der Waals surface area (Å²) in [5.41, 5.74) is 0.509.